The normalized spacial score (nSPS) is 18.3. The molecule has 0 spiro atoms. The highest BCUT2D eigenvalue weighted by Gasteiger charge is 2.18. The van der Waals surface area contributed by atoms with Crippen molar-refractivity contribution in [3.8, 4) is 0 Å². The summed E-state index contributed by atoms with van der Waals surface area (Å²) in [6.07, 6.45) is 2.96. The van der Waals surface area contributed by atoms with Gasteiger partial charge in [0.2, 0.25) is 5.91 Å². The number of rotatable bonds is 7. The van der Waals surface area contributed by atoms with E-state index in [0.717, 1.165) is 12.1 Å². The first-order chi connectivity index (χ1) is 11.6. The number of guanidine groups is 1. The number of carbonyl (C=O) groups is 1. The lowest BCUT2D eigenvalue weighted by molar-refractivity contribution is -0.121. The third-order valence-electron chi connectivity index (χ3n) is 4.06. The zero-order valence-electron chi connectivity index (χ0n) is 14.3. The second-order valence-corrected chi connectivity index (χ2v) is 7.31. The summed E-state index contributed by atoms with van der Waals surface area (Å²) in [5.41, 5.74) is 6.38. The largest absolute Gasteiger partial charge is 0.369 e. The Labute approximate surface area is 169 Å². The Morgan fingerprint density at radius 3 is 2.68 bits per heavy atom. The van der Waals surface area contributed by atoms with Gasteiger partial charge in [0.05, 0.1) is 5.92 Å². The molecule has 0 aromatic heterocycles. The SMILES string of the molecule is CN=C(NCC1CCCS1)NCC(Cc1ccc(F)cc1)C(N)=O.I. The van der Waals surface area contributed by atoms with E-state index >= 15 is 0 Å². The van der Waals surface area contributed by atoms with Crippen LogP contribution in [0.25, 0.3) is 0 Å². The lowest BCUT2D eigenvalue weighted by Crippen LogP contribution is -2.44. The molecule has 1 fully saturated rings. The number of benzene rings is 1. The molecule has 25 heavy (non-hydrogen) atoms. The molecule has 2 rings (SSSR count). The van der Waals surface area contributed by atoms with Crippen molar-refractivity contribution in [1.29, 1.82) is 0 Å². The number of primary amides is 1. The predicted molar refractivity (Wildman–Crippen MR) is 113 cm³/mol. The second-order valence-electron chi connectivity index (χ2n) is 5.90. The van der Waals surface area contributed by atoms with Crippen LogP contribution in [0, 0.1) is 11.7 Å². The van der Waals surface area contributed by atoms with Gasteiger partial charge in [0.25, 0.3) is 0 Å². The first kappa shape index (κ1) is 22.0. The van der Waals surface area contributed by atoms with E-state index in [1.807, 2.05) is 11.8 Å². The van der Waals surface area contributed by atoms with Crippen molar-refractivity contribution >= 4 is 47.6 Å². The monoisotopic (exact) mass is 480 g/mol. The van der Waals surface area contributed by atoms with Crippen LogP contribution in [0.15, 0.2) is 29.3 Å². The summed E-state index contributed by atoms with van der Waals surface area (Å²) < 4.78 is 13.0. The van der Waals surface area contributed by atoms with Gasteiger partial charge in [0.15, 0.2) is 5.96 Å². The maximum absolute atomic E-state index is 13.0. The van der Waals surface area contributed by atoms with Gasteiger partial charge >= 0.3 is 0 Å². The Balaban J connectivity index is 0.00000312. The first-order valence-corrected chi connectivity index (χ1v) is 9.23. The van der Waals surface area contributed by atoms with Gasteiger partial charge in [-0.25, -0.2) is 4.39 Å². The van der Waals surface area contributed by atoms with Crippen molar-refractivity contribution in [2.45, 2.75) is 24.5 Å². The summed E-state index contributed by atoms with van der Waals surface area (Å²) in [6.45, 7) is 1.26. The number of nitrogens with two attached hydrogens (primary N) is 1. The number of nitrogens with one attached hydrogen (secondary N) is 2. The van der Waals surface area contributed by atoms with Crippen molar-refractivity contribution in [3.05, 3.63) is 35.6 Å². The lowest BCUT2D eigenvalue weighted by Gasteiger charge is -2.18. The Morgan fingerprint density at radius 2 is 2.12 bits per heavy atom. The van der Waals surface area contributed by atoms with Gasteiger partial charge in [-0.1, -0.05) is 12.1 Å². The predicted octanol–water partition coefficient (Wildman–Crippen LogP) is 2.15. The molecule has 2 unspecified atom stereocenters. The van der Waals surface area contributed by atoms with Gasteiger partial charge in [-0.05, 0) is 42.7 Å². The number of aliphatic imine (C=N–C) groups is 1. The van der Waals surface area contributed by atoms with E-state index in [2.05, 4.69) is 15.6 Å². The van der Waals surface area contributed by atoms with E-state index in [4.69, 9.17) is 5.73 Å². The summed E-state index contributed by atoms with van der Waals surface area (Å²) in [5.74, 6) is 0.845. The molecule has 8 heteroatoms. The summed E-state index contributed by atoms with van der Waals surface area (Å²) in [4.78, 5) is 15.9. The molecule has 1 aliphatic heterocycles. The number of amides is 1. The van der Waals surface area contributed by atoms with Crippen LogP contribution in [0.5, 0.6) is 0 Å². The second kappa shape index (κ2) is 11.6. The maximum atomic E-state index is 13.0. The van der Waals surface area contributed by atoms with Crippen LogP contribution in [0.3, 0.4) is 0 Å². The molecule has 0 saturated carbocycles. The summed E-state index contributed by atoms with van der Waals surface area (Å²) in [7, 11) is 1.70. The maximum Gasteiger partial charge on any atom is 0.222 e. The zero-order chi connectivity index (χ0) is 17.4. The highest BCUT2D eigenvalue weighted by molar-refractivity contribution is 14.0. The minimum atomic E-state index is -0.381. The number of halogens is 2. The summed E-state index contributed by atoms with van der Waals surface area (Å²) >= 11 is 1.98. The minimum Gasteiger partial charge on any atom is -0.369 e. The molecule has 1 saturated heterocycles. The van der Waals surface area contributed by atoms with Gasteiger partial charge in [-0.3, -0.25) is 9.79 Å². The summed E-state index contributed by atoms with van der Waals surface area (Å²) in [6, 6.07) is 6.13. The Kier molecular flexibility index (Phi) is 10.2. The fourth-order valence-electron chi connectivity index (χ4n) is 2.63. The van der Waals surface area contributed by atoms with Crippen LogP contribution < -0.4 is 16.4 Å². The van der Waals surface area contributed by atoms with Crippen molar-refractivity contribution in [2.75, 3.05) is 25.9 Å². The third kappa shape index (κ3) is 7.81. The molecule has 0 radical (unpaired) electrons. The molecule has 4 N–H and O–H groups in total. The van der Waals surface area contributed by atoms with Crippen LogP contribution in [0.2, 0.25) is 0 Å². The van der Waals surface area contributed by atoms with Gasteiger partial charge < -0.3 is 16.4 Å². The third-order valence-corrected chi connectivity index (χ3v) is 5.46. The van der Waals surface area contributed by atoms with E-state index in [9.17, 15) is 9.18 Å². The van der Waals surface area contributed by atoms with Crippen molar-refractivity contribution < 1.29 is 9.18 Å². The standard InChI is InChI=1S/C17H25FN4OS.HI/c1-20-17(22-11-15-3-2-8-24-15)21-10-13(16(19)23)9-12-4-6-14(18)7-5-12;/h4-7,13,15H,2-3,8-11H2,1H3,(H2,19,23)(H2,20,21,22);1H. The molecular weight excluding hydrogens is 454 g/mol. The first-order valence-electron chi connectivity index (χ1n) is 8.18. The van der Waals surface area contributed by atoms with E-state index in [0.29, 0.717) is 24.2 Å². The van der Waals surface area contributed by atoms with E-state index in [1.165, 1.54) is 30.7 Å². The highest BCUT2D eigenvalue weighted by Crippen LogP contribution is 2.25. The average Bonchev–Trinajstić information content (AvgIpc) is 3.09. The molecule has 140 valence electrons. The van der Waals surface area contributed by atoms with E-state index in [-0.39, 0.29) is 41.6 Å². The molecule has 1 aromatic rings. The lowest BCUT2D eigenvalue weighted by atomic mass is 9.98. The van der Waals surface area contributed by atoms with Crippen LogP contribution in [-0.2, 0) is 11.2 Å². The number of carbonyl (C=O) groups excluding carboxylic acids is 1. The Bertz CT molecular complexity index is 564. The smallest absolute Gasteiger partial charge is 0.222 e. The Morgan fingerprint density at radius 1 is 1.40 bits per heavy atom. The zero-order valence-corrected chi connectivity index (χ0v) is 17.5. The molecule has 0 aliphatic carbocycles. The topological polar surface area (TPSA) is 79.5 Å². The molecule has 2 atom stereocenters. The number of hydrogen-bond donors (Lipinski definition) is 3. The minimum absolute atomic E-state index is 0. The molecule has 5 nitrogen and oxygen atoms in total. The number of nitrogens with zero attached hydrogens (tertiary/aromatic N) is 1. The Hall–Kier alpha value is -1.03. The average molecular weight is 480 g/mol. The molecular formula is C17H26FIN4OS. The van der Waals surface area contributed by atoms with Crippen molar-refractivity contribution in [3.63, 3.8) is 0 Å². The fourth-order valence-corrected chi connectivity index (χ4v) is 3.84. The molecule has 1 aliphatic rings. The molecule has 0 bridgehead atoms. The van der Waals surface area contributed by atoms with Crippen molar-refractivity contribution in [2.24, 2.45) is 16.6 Å². The van der Waals surface area contributed by atoms with Gasteiger partial charge in [-0.15, -0.1) is 24.0 Å². The van der Waals surface area contributed by atoms with E-state index < -0.39 is 0 Å². The highest BCUT2D eigenvalue weighted by atomic mass is 127. The fraction of sp³-hybridized carbons (Fsp3) is 0.529. The van der Waals surface area contributed by atoms with Gasteiger partial charge in [0.1, 0.15) is 5.82 Å². The van der Waals surface area contributed by atoms with Crippen LogP contribution >= 0.6 is 35.7 Å². The van der Waals surface area contributed by atoms with Gasteiger partial charge in [0, 0.05) is 25.4 Å². The molecule has 1 amide bonds. The van der Waals surface area contributed by atoms with Crippen LogP contribution in [0.4, 0.5) is 4.39 Å². The number of hydrogen-bond acceptors (Lipinski definition) is 3. The molecule has 1 heterocycles. The molecule has 1 aromatic carbocycles. The quantitative estimate of drug-likeness (QED) is 0.318. The van der Waals surface area contributed by atoms with Crippen LogP contribution in [0.1, 0.15) is 18.4 Å². The number of thioether (sulfide) groups is 1. The summed E-state index contributed by atoms with van der Waals surface area (Å²) in [5, 5.41) is 7.07. The van der Waals surface area contributed by atoms with Crippen LogP contribution in [-0.4, -0.2) is 43.0 Å². The van der Waals surface area contributed by atoms with Gasteiger partial charge in [-0.2, -0.15) is 11.8 Å². The van der Waals surface area contributed by atoms with E-state index in [1.54, 1.807) is 19.2 Å². The van der Waals surface area contributed by atoms with Crippen molar-refractivity contribution in [1.82, 2.24) is 10.6 Å².